The number of aromatic nitrogens is 1. The summed E-state index contributed by atoms with van der Waals surface area (Å²) in [6.07, 6.45) is 5.62. The number of nitrogens with one attached hydrogen (secondary N) is 1. The summed E-state index contributed by atoms with van der Waals surface area (Å²) in [7, 11) is 2.01. The molecule has 1 unspecified atom stereocenters. The van der Waals surface area contributed by atoms with Crippen LogP contribution >= 0.6 is 11.6 Å². The lowest BCUT2D eigenvalue weighted by Gasteiger charge is -2.20. The first-order valence-corrected chi connectivity index (χ1v) is 5.78. The van der Waals surface area contributed by atoms with Crippen molar-refractivity contribution >= 4 is 11.6 Å². The van der Waals surface area contributed by atoms with Gasteiger partial charge in [0, 0.05) is 18.4 Å². The van der Waals surface area contributed by atoms with E-state index in [1.165, 1.54) is 5.56 Å². The van der Waals surface area contributed by atoms with E-state index in [0.717, 1.165) is 17.9 Å². The summed E-state index contributed by atoms with van der Waals surface area (Å²) in [4.78, 5) is 3.98. The van der Waals surface area contributed by atoms with E-state index in [2.05, 4.69) is 24.1 Å². The number of rotatable bonds is 5. The predicted octanol–water partition coefficient (Wildman–Crippen LogP) is 2.91. The highest BCUT2D eigenvalue weighted by Crippen LogP contribution is 2.17. The zero-order chi connectivity index (χ0) is 11.3. The molecule has 3 heteroatoms. The van der Waals surface area contributed by atoms with E-state index in [0.29, 0.717) is 12.0 Å². The van der Waals surface area contributed by atoms with Crippen LogP contribution in [-0.4, -0.2) is 18.1 Å². The van der Waals surface area contributed by atoms with E-state index in [-0.39, 0.29) is 0 Å². The van der Waals surface area contributed by atoms with Gasteiger partial charge in [-0.15, -0.1) is 0 Å². The second-order valence-corrected chi connectivity index (χ2v) is 4.55. The van der Waals surface area contributed by atoms with Gasteiger partial charge >= 0.3 is 0 Å². The second-order valence-electron chi connectivity index (χ2n) is 4.14. The molecule has 1 N–H and O–H groups in total. The van der Waals surface area contributed by atoms with Gasteiger partial charge in [0.15, 0.2) is 0 Å². The van der Waals surface area contributed by atoms with Crippen molar-refractivity contribution in [1.82, 2.24) is 10.3 Å². The monoisotopic (exact) mass is 226 g/mol. The third kappa shape index (κ3) is 3.80. The van der Waals surface area contributed by atoms with Crippen LogP contribution < -0.4 is 5.32 Å². The fraction of sp³-hybridized carbons (Fsp3) is 0.583. The maximum absolute atomic E-state index is 6.05. The van der Waals surface area contributed by atoms with Crippen molar-refractivity contribution in [2.45, 2.75) is 32.7 Å². The summed E-state index contributed by atoms with van der Waals surface area (Å²) in [5.41, 5.74) is 1.19. The molecule has 0 aliphatic carbocycles. The van der Waals surface area contributed by atoms with Crippen molar-refractivity contribution in [3.8, 4) is 0 Å². The minimum absolute atomic E-state index is 0.550. The molecule has 0 fully saturated rings. The Morgan fingerprint density at radius 1 is 1.47 bits per heavy atom. The molecule has 0 aliphatic heterocycles. The van der Waals surface area contributed by atoms with E-state index in [4.69, 9.17) is 11.6 Å². The molecule has 1 rings (SSSR count). The first-order chi connectivity index (χ1) is 7.15. The van der Waals surface area contributed by atoms with Crippen molar-refractivity contribution < 1.29 is 0 Å². The van der Waals surface area contributed by atoms with Crippen LogP contribution in [0, 0.1) is 5.92 Å². The van der Waals surface area contributed by atoms with Crippen LogP contribution in [0.4, 0.5) is 0 Å². The van der Waals surface area contributed by atoms with Gasteiger partial charge in [0.2, 0.25) is 0 Å². The quantitative estimate of drug-likeness (QED) is 0.835. The third-order valence-electron chi connectivity index (χ3n) is 2.76. The van der Waals surface area contributed by atoms with Gasteiger partial charge in [-0.2, -0.15) is 0 Å². The molecule has 0 radical (unpaired) electrons. The van der Waals surface area contributed by atoms with Gasteiger partial charge in [0.1, 0.15) is 0 Å². The van der Waals surface area contributed by atoms with Crippen LogP contribution in [0.25, 0.3) is 0 Å². The molecule has 1 heterocycles. The van der Waals surface area contributed by atoms with E-state index in [1.807, 2.05) is 13.1 Å². The summed E-state index contributed by atoms with van der Waals surface area (Å²) in [6.45, 7) is 4.46. The molecule has 0 bridgehead atoms. The Morgan fingerprint density at radius 2 is 2.20 bits per heavy atom. The van der Waals surface area contributed by atoms with Crippen LogP contribution in [0.1, 0.15) is 25.8 Å². The first kappa shape index (κ1) is 12.5. The molecule has 1 atom stereocenters. The minimum atomic E-state index is 0.550. The Morgan fingerprint density at radius 3 is 2.73 bits per heavy atom. The fourth-order valence-corrected chi connectivity index (χ4v) is 1.94. The molecule has 84 valence electrons. The molecule has 2 nitrogen and oxygen atoms in total. The SMILES string of the molecule is CNC(CCc1ccncc1Cl)C(C)C. The standard InChI is InChI=1S/C12H19ClN2/c1-9(2)12(14-3)5-4-10-6-7-15-8-11(10)13/h6-9,12,14H,4-5H2,1-3H3. The van der Waals surface area contributed by atoms with E-state index in [9.17, 15) is 0 Å². The molecule has 15 heavy (non-hydrogen) atoms. The molecular weight excluding hydrogens is 208 g/mol. The van der Waals surface area contributed by atoms with Gasteiger partial charge in [-0.25, -0.2) is 0 Å². The predicted molar refractivity (Wildman–Crippen MR) is 65.3 cm³/mol. The molecule has 0 amide bonds. The lowest BCUT2D eigenvalue weighted by Crippen LogP contribution is -2.31. The van der Waals surface area contributed by atoms with Crippen LogP contribution in [-0.2, 0) is 6.42 Å². The van der Waals surface area contributed by atoms with Gasteiger partial charge in [-0.3, -0.25) is 4.98 Å². The lowest BCUT2D eigenvalue weighted by atomic mass is 9.97. The van der Waals surface area contributed by atoms with Crippen molar-refractivity contribution in [1.29, 1.82) is 0 Å². The fourth-order valence-electron chi connectivity index (χ4n) is 1.73. The summed E-state index contributed by atoms with van der Waals surface area (Å²) in [5, 5.41) is 4.11. The first-order valence-electron chi connectivity index (χ1n) is 5.40. The topological polar surface area (TPSA) is 24.9 Å². The average Bonchev–Trinajstić information content (AvgIpc) is 2.21. The number of nitrogens with zero attached hydrogens (tertiary/aromatic N) is 1. The highest BCUT2D eigenvalue weighted by atomic mass is 35.5. The molecule has 0 spiro atoms. The molecule has 1 aromatic rings. The van der Waals surface area contributed by atoms with Gasteiger partial charge in [0.25, 0.3) is 0 Å². The van der Waals surface area contributed by atoms with E-state index < -0.39 is 0 Å². The van der Waals surface area contributed by atoms with Crippen LogP contribution in [0.15, 0.2) is 18.5 Å². The summed E-state index contributed by atoms with van der Waals surface area (Å²) in [5.74, 6) is 0.649. The number of pyridine rings is 1. The molecule has 0 saturated carbocycles. The largest absolute Gasteiger partial charge is 0.317 e. The Kier molecular flexibility index (Phi) is 5.06. The van der Waals surface area contributed by atoms with Gasteiger partial charge in [0.05, 0.1) is 5.02 Å². The van der Waals surface area contributed by atoms with Crippen molar-refractivity contribution in [2.24, 2.45) is 5.92 Å². The Labute approximate surface area is 97.1 Å². The normalized spacial score (nSPS) is 13.1. The van der Waals surface area contributed by atoms with Crippen LogP contribution in [0.2, 0.25) is 5.02 Å². The maximum Gasteiger partial charge on any atom is 0.0621 e. The molecule has 0 saturated heterocycles. The van der Waals surface area contributed by atoms with Crippen LogP contribution in [0.5, 0.6) is 0 Å². The zero-order valence-corrected chi connectivity index (χ0v) is 10.4. The van der Waals surface area contributed by atoms with Gasteiger partial charge in [-0.05, 0) is 37.4 Å². The highest BCUT2D eigenvalue weighted by molar-refractivity contribution is 6.31. The van der Waals surface area contributed by atoms with Gasteiger partial charge < -0.3 is 5.32 Å². The molecular formula is C12H19ClN2. The number of hydrogen-bond donors (Lipinski definition) is 1. The molecule has 1 aromatic heterocycles. The third-order valence-corrected chi connectivity index (χ3v) is 3.10. The Balaban J connectivity index is 2.53. The van der Waals surface area contributed by atoms with Crippen molar-refractivity contribution in [3.05, 3.63) is 29.0 Å². The maximum atomic E-state index is 6.05. The number of hydrogen-bond acceptors (Lipinski definition) is 2. The number of halogens is 1. The van der Waals surface area contributed by atoms with Crippen molar-refractivity contribution in [3.63, 3.8) is 0 Å². The lowest BCUT2D eigenvalue weighted by molar-refractivity contribution is 0.403. The smallest absolute Gasteiger partial charge is 0.0621 e. The Hall–Kier alpha value is -0.600. The second kappa shape index (κ2) is 6.09. The van der Waals surface area contributed by atoms with E-state index in [1.54, 1.807) is 12.4 Å². The summed E-state index contributed by atoms with van der Waals surface area (Å²) < 4.78 is 0. The average molecular weight is 227 g/mol. The zero-order valence-electron chi connectivity index (χ0n) is 9.63. The van der Waals surface area contributed by atoms with Crippen molar-refractivity contribution in [2.75, 3.05) is 7.05 Å². The summed E-state index contributed by atoms with van der Waals surface area (Å²) in [6, 6.07) is 2.55. The number of aryl methyl sites for hydroxylation is 1. The summed E-state index contributed by atoms with van der Waals surface area (Å²) >= 11 is 6.05. The van der Waals surface area contributed by atoms with E-state index >= 15 is 0 Å². The molecule has 0 aliphatic rings. The Bertz CT molecular complexity index is 299. The highest BCUT2D eigenvalue weighted by Gasteiger charge is 2.11. The minimum Gasteiger partial charge on any atom is -0.317 e. The molecule has 0 aromatic carbocycles. The van der Waals surface area contributed by atoms with Crippen LogP contribution in [0.3, 0.4) is 0 Å². The van der Waals surface area contributed by atoms with Gasteiger partial charge in [-0.1, -0.05) is 25.4 Å².